The Morgan fingerprint density at radius 1 is 1.07 bits per heavy atom. The van der Waals surface area contributed by atoms with Crippen LogP contribution in [0.4, 0.5) is 0 Å². The summed E-state index contributed by atoms with van der Waals surface area (Å²) < 4.78 is 10.5. The minimum Gasteiger partial charge on any atom is -0.493 e. The van der Waals surface area contributed by atoms with E-state index in [0.29, 0.717) is 22.8 Å². The van der Waals surface area contributed by atoms with E-state index in [1.54, 1.807) is 39.4 Å². The number of hydrazone groups is 1. The van der Waals surface area contributed by atoms with Gasteiger partial charge < -0.3 is 9.47 Å². The molecule has 1 aliphatic heterocycles. The first-order valence-electron chi connectivity index (χ1n) is 8.44. The van der Waals surface area contributed by atoms with E-state index in [1.165, 1.54) is 0 Å². The van der Waals surface area contributed by atoms with Crippen molar-refractivity contribution in [1.29, 1.82) is 0 Å². The average Bonchev–Trinajstić information content (AvgIpc) is 2.97. The van der Waals surface area contributed by atoms with Crippen molar-refractivity contribution >= 4 is 23.6 Å². The minimum absolute atomic E-state index is 0.118. The standard InChI is InChI=1S/C21H20N2O4/c1-14-17(11-16-9-10-18(26-2)19(12-16)27-3)21(25)23(22-14)20(24)13-15-7-5-4-6-8-15/h4-12H,13H2,1-3H3/b17-11+. The Balaban J connectivity index is 1.82. The summed E-state index contributed by atoms with van der Waals surface area (Å²) in [4.78, 5) is 25.2. The van der Waals surface area contributed by atoms with Gasteiger partial charge in [-0.05, 0) is 36.3 Å². The van der Waals surface area contributed by atoms with Crippen LogP contribution in [0.25, 0.3) is 6.08 Å². The average molecular weight is 364 g/mol. The van der Waals surface area contributed by atoms with E-state index >= 15 is 0 Å². The lowest BCUT2D eigenvalue weighted by Crippen LogP contribution is -2.30. The number of hydrogen-bond acceptors (Lipinski definition) is 5. The summed E-state index contributed by atoms with van der Waals surface area (Å²) in [5, 5.41) is 5.09. The topological polar surface area (TPSA) is 68.2 Å². The Morgan fingerprint density at radius 2 is 1.78 bits per heavy atom. The Morgan fingerprint density at radius 3 is 2.44 bits per heavy atom. The first-order valence-corrected chi connectivity index (χ1v) is 8.44. The highest BCUT2D eigenvalue weighted by Gasteiger charge is 2.32. The SMILES string of the molecule is COc1ccc(/C=C2/C(=O)N(C(=O)Cc3ccccc3)N=C2C)cc1OC. The van der Waals surface area contributed by atoms with Crippen LogP contribution in [0.3, 0.4) is 0 Å². The number of benzene rings is 2. The largest absolute Gasteiger partial charge is 0.493 e. The third-order valence-corrected chi connectivity index (χ3v) is 4.22. The molecule has 0 fully saturated rings. The lowest BCUT2D eigenvalue weighted by Gasteiger charge is -2.10. The number of ether oxygens (including phenoxy) is 2. The minimum atomic E-state index is -0.428. The second-order valence-corrected chi connectivity index (χ2v) is 6.03. The Hall–Kier alpha value is -3.41. The fourth-order valence-electron chi connectivity index (χ4n) is 2.81. The molecule has 0 saturated carbocycles. The van der Waals surface area contributed by atoms with Crippen LogP contribution in [0.1, 0.15) is 18.1 Å². The molecule has 0 bridgehead atoms. The molecule has 2 aromatic carbocycles. The highest BCUT2D eigenvalue weighted by molar-refractivity contribution is 6.29. The first-order chi connectivity index (χ1) is 13.0. The molecular weight excluding hydrogens is 344 g/mol. The van der Waals surface area contributed by atoms with Gasteiger partial charge in [-0.25, -0.2) is 0 Å². The lowest BCUT2D eigenvalue weighted by molar-refractivity contribution is -0.141. The van der Waals surface area contributed by atoms with Crippen molar-refractivity contribution in [3.05, 3.63) is 65.2 Å². The highest BCUT2D eigenvalue weighted by Crippen LogP contribution is 2.29. The summed E-state index contributed by atoms with van der Waals surface area (Å²) in [7, 11) is 3.11. The number of hydrogen-bond donors (Lipinski definition) is 0. The van der Waals surface area contributed by atoms with Gasteiger partial charge in [-0.15, -0.1) is 0 Å². The number of nitrogens with zero attached hydrogens (tertiary/aromatic N) is 2. The summed E-state index contributed by atoms with van der Waals surface area (Å²) in [5.41, 5.74) is 2.46. The van der Waals surface area contributed by atoms with E-state index in [4.69, 9.17) is 9.47 Å². The van der Waals surface area contributed by atoms with E-state index in [0.717, 1.165) is 16.1 Å². The quantitative estimate of drug-likeness (QED) is 0.765. The Labute approximate surface area is 157 Å². The van der Waals surface area contributed by atoms with Gasteiger partial charge in [0.05, 0.1) is 31.9 Å². The number of rotatable bonds is 5. The monoisotopic (exact) mass is 364 g/mol. The van der Waals surface area contributed by atoms with Gasteiger partial charge in [0.2, 0.25) is 0 Å². The molecule has 1 aliphatic rings. The van der Waals surface area contributed by atoms with Crippen molar-refractivity contribution in [3.63, 3.8) is 0 Å². The van der Waals surface area contributed by atoms with E-state index in [1.807, 2.05) is 36.4 Å². The lowest BCUT2D eigenvalue weighted by atomic mass is 10.1. The second-order valence-electron chi connectivity index (χ2n) is 6.03. The summed E-state index contributed by atoms with van der Waals surface area (Å²) in [5.74, 6) is 0.371. The number of carbonyl (C=O) groups is 2. The predicted octanol–water partition coefficient (Wildman–Crippen LogP) is 3.07. The van der Waals surface area contributed by atoms with Gasteiger partial charge in [-0.1, -0.05) is 36.4 Å². The molecule has 3 rings (SSSR count). The molecule has 0 aromatic heterocycles. The summed E-state index contributed by atoms with van der Waals surface area (Å²) in [6.45, 7) is 1.71. The number of imide groups is 1. The van der Waals surface area contributed by atoms with Gasteiger partial charge in [-0.3, -0.25) is 9.59 Å². The van der Waals surface area contributed by atoms with Crippen LogP contribution >= 0.6 is 0 Å². The van der Waals surface area contributed by atoms with Crippen molar-refractivity contribution in [1.82, 2.24) is 5.01 Å². The van der Waals surface area contributed by atoms with Crippen molar-refractivity contribution in [2.45, 2.75) is 13.3 Å². The fraction of sp³-hybridized carbons (Fsp3) is 0.190. The maximum absolute atomic E-state index is 12.7. The zero-order chi connectivity index (χ0) is 19.4. The van der Waals surface area contributed by atoms with Gasteiger partial charge >= 0.3 is 0 Å². The van der Waals surface area contributed by atoms with E-state index in [2.05, 4.69) is 5.10 Å². The van der Waals surface area contributed by atoms with Crippen LogP contribution in [-0.2, 0) is 16.0 Å². The molecule has 0 aliphatic carbocycles. The van der Waals surface area contributed by atoms with Crippen molar-refractivity contribution in [2.24, 2.45) is 5.10 Å². The van der Waals surface area contributed by atoms with Crippen LogP contribution in [0.2, 0.25) is 0 Å². The molecule has 0 spiro atoms. The molecule has 6 heteroatoms. The molecule has 0 N–H and O–H groups in total. The van der Waals surface area contributed by atoms with Crippen LogP contribution in [0, 0.1) is 0 Å². The zero-order valence-electron chi connectivity index (χ0n) is 15.4. The first kappa shape index (κ1) is 18.4. The zero-order valence-corrected chi connectivity index (χ0v) is 15.4. The molecule has 1 heterocycles. The number of amides is 2. The predicted molar refractivity (Wildman–Crippen MR) is 103 cm³/mol. The van der Waals surface area contributed by atoms with Crippen LogP contribution in [0.5, 0.6) is 11.5 Å². The van der Waals surface area contributed by atoms with E-state index < -0.39 is 5.91 Å². The van der Waals surface area contributed by atoms with Crippen LogP contribution in [-0.4, -0.2) is 36.8 Å². The molecule has 0 saturated heterocycles. The molecule has 138 valence electrons. The number of carbonyl (C=O) groups excluding carboxylic acids is 2. The van der Waals surface area contributed by atoms with Crippen LogP contribution < -0.4 is 9.47 Å². The summed E-state index contributed by atoms with van der Waals surface area (Å²) >= 11 is 0. The summed E-state index contributed by atoms with van der Waals surface area (Å²) in [6.07, 6.45) is 1.81. The van der Waals surface area contributed by atoms with Crippen molar-refractivity contribution in [3.8, 4) is 11.5 Å². The van der Waals surface area contributed by atoms with Gasteiger partial charge in [0.1, 0.15) is 0 Å². The maximum atomic E-state index is 12.7. The molecule has 0 unspecified atom stereocenters. The van der Waals surface area contributed by atoms with Crippen LogP contribution in [0.15, 0.2) is 59.2 Å². The van der Waals surface area contributed by atoms with Gasteiger partial charge in [-0.2, -0.15) is 10.1 Å². The molecule has 0 radical (unpaired) electrons. The molecular formula is C21H20N2O4. The number of methoxy groups -OCH3 is 2. The Kier molecular flexibility index (Phi) is 5.35. The van der Waals surface area contributed by atoms with Crippen molar-refractivity contribution in [2.75, 3.05) is 14.2 Å². The molecule has 6 nitrogen and oxygen atoms in total. The highest BCUT2D eigenvalue weighted by atomic mass is 16.5. The van der Waals surface area contributed by atoms with Crippen molar-refractivity contribution < 1.29 is 19.1 Å². The van der Waals surface area contributed by atoms with E-state index in [-0.39, 0.29) is 12.3 Å². The molecule has 2 amide bonds. The van der Waals surface area contributed by atoms with Gasteiger partial charge in [0, 0.05) is 0 Å². The third kappa shape index (κ3) is 3.89. The van der Waals surface area contributed by atoms with Gasteiger partial charge in [0.25, 0.3) is 11.8 Å². The van der Waals surface area contributed by atoms with E-state index in [9.17, 15) is 9.59 Å². The summed E-state index contributed by atoms with van der Waals surface area (Å²) in [6, 6.07) is 14.6. The Bertz CT molecular complexity index is 932. The maximum Gasteiger partial charge on any atom is 0.283 e. The fourth-order valence-corrected chi connectivity index (χ4v) is 2.81. The third-order valence-electron chi connectivity index (χ3n) is 4.22. The normalized spacial score (nSPS) is 15.1. The van der Waals surface area contributed by atoms with Gasteiger partial charge in [0.15, 0.2) is 11.5 Å². The second kappa shape index (κ2) is 7.86. The molecule has 27 heavy (non-hydrogen) atoms. The molecule has 0 atom stereocenters. The smallest absolute Gasteiger partial charge is 0.283 e. The molecule has 2 aromatic rings.